The van der Waals surface area contributed by atoms with Gasteiger partial charge in [0.25, 0.3) is 0 Å². The van der Waals surface area contributed by atoms with Gasteiger partial charge in [-0.2, -0.15) is 5.26 Å². The average Bonchev–Trinajstić information content (AvgIpc) is 2.95. The smallest absolute Gasteiger partial charge is 0.180 e. The third-order valence-electron chi connectivity index (χ3n) is 2.43. The molecule has 3 nitrogen and oxygen atoms in total. The van der Waals surface area contributed by atoms with E-state index in [4.69, 9.17) is 14.7 Å². The summed E-state index contributed by atoms with van der Waals surface area (Å²) in [7, 11) is 1.61. The van der Waals surface area contributed by atoms with Gasteiger partial charge in [-0.1, -0.05) is 30.3 Å². The van der Waals surface area contributed by atoms with Crippen LogP contribution in [-0.4, -0.2) is 19.8 Å². The van der Waals surface area contributed by atoms with Crippen LogP contribution in [0.5, 0.6) is 0 Å². The fourth-order valence-electron chi connectivity index (χ4n) is 1.65. The molecule has 2 rings (SSSR count). The largest absolute Gasteiger partial charge is 0.381 e. The monoisotopic (exact) mass is 189 g/mol. The van der Waals surface area contributed by atoms with Gasteiger partial charge in [-0.25, -0.2) is 0 Å². The molecule has 0 radical (unpaired) electrons. The van der Waals surface area contributed by atoms with Crippen LogP contribution in [0.25, 0.3) is 0 Å². The van der Waals surface area contributed by atoms with E-state index in [1.54, 1.807) is 7.11 Å². The molecule has 2 atom stereocenters. The van der Waals surface area contributed by atoms with Gasteiger partial charge in [-0.05, 0) is 5.56 Å². The van der Waals surface area contributed by atoms with Gasteiger partial charge in [-0.15, -0.1) is 0 Å². The van der Waals surface area contributed by atoms with Crippen molar-refractivity contribution in [3.8, 4) is 6.07 Å². The summed E-state index contributed by atoms with van der Waals surface area (Å²) in [6, 6.07) is 11.8. The molecule has 0 amide bonds. The topological polar surface area (TPSA) is 45.5 Å². The molecule has 1 saturated heterocycles. The molecular formula is C11H11NO2. The summed E-state index contributed by atoms with van der Waals surface area (Å²) in [5.74, 6) is 0. The van der Waals surface area contributed by atoms with Crippen LogP contribution in [0, 0.1) is 11.3 Å². The molecular weight excluding hydrogens is 178 g/mol. The third kappa shape index (κ3) is 1.29. The predicted octanol–water partition coefficient (Wildman–Crippen LogP) is 1.45. The van der Waals surface area contributed by atoms with E-state index in [9.17, 15) is 0 Å². The van der Waals surface area contributed by atoms with Crippen LogP contribution in [0.1, 0.15) is 5.56 Å². The summed E-state index contributed by atoms with van der Waals surface area (Å²) in [6.45, 7) is 0.426. The Balaban J connectivity index is 2.27. The summed E-state index contributed by atoms with van der Waals surface area (Å²) in [5, 5.41) is 8.80. The van der Waals surface area contributed by atoms with Crippen LogP contribution in [0.2, 0.25) is 0 Å². The van der Waals surface area contributed by atoms with Crippen molar-refractivity contribution in [1.29, 1.82) is 5.26 Å². The lowest BCUT2D eigenvalue weighted by molar-refractivity contribution is 0.120. The zero-order valence-corrected chi connectivity index (χ0v) is 7.93. The maximum absolute atomic E-state index is 8.80. The van der Waals surface area contributed by atoms with Gasteiger partial charge in [-0.3, -0.25) is 0 Å². The summed E-state index contributed by atoms with van der Waals surface area (Å²) in [5.41, 5.74) is 0.485. The fraction of sp³-hybridized carbons (Fsp3) is 0.364. The molecule has 0 N–H and O–H groups in total. The second-order valence-corrected chi connectivity index (χ2v) is 3.32. The number of nitriles is 1. The Kier molecular flexibility index (Phi) is 2.24. The number of rotatable bonds is 3. The summed E-state index contributed by atoms with van der Waals surface area (Å²) < 4.78 is 10.5. The number of methoxy groups -OCH3 is 1. The predicted molar refractivity (Wildman–Crippen MR) is 50.5 cm³/mol. The summed E-state index contributed by atoms with van der Waals surface area (Å²) in [6.07, 6.45) is -0.371. The van der Waals surface area contributed by atoms with Crippen LogP contribution in [-0.2, 0) is 15.1 Å². The Morgan fingerprint density at radius 2 is 2.21 bits per heavy atom. The molecule has 1 fully saturated rings. The zero-order valence-electron chi connectivity index (χ0n) is 7.93. The van der Waals surface area contributed by atoms with Crippen LogP contribution in [0.3, 0.4) is 0 Å². The number of benzene rings is 1. The SMILES string of the molecule is COCC1(c2ccccc2)OC1C#N. The quantitative estimate of drug-likeness (QED) is 0.676. The minimum absolute atomic E-state index is 0.371. The van der Waals surface area contributed by atoms with E-state index < -0.39 is 5.60 Å². The first-order valence-electron chi connectivity index (χ1n) is 4.45. The van der Waals surface area contributed by atoms with E-state index >= 15 is 0 Å². The Bertz CT molecular complexity index is 357. The normalized spacial score (nSPS) is 29.6. The lowest BCUT2D eigenvalue weighted by Crippen LogP contribution is -2.18. The molecule has 3 heteroatoms. The van der Waals surface area contributed by atoms with Gasteiger partial charge in [0.05, 0.1) is 12.7 Å². The van der Waals surface area contributed by atoms with Crippen molar-refractivity contribution in [2.24, 2.45) is 0 Å². The molecule has 2 unspecified atom stereocenters. The number of epoxide rings is 1. The molecule has 0 aromatic heterocycles. The van der Waals surface area contributed by atoms with Crippen LogP contribution in [0.15, 0.2) is 30.3 Å². The maximum atomic E-state index is 8.80. The van der Waals surface area contributed by atoms with Crippen LogP contribution in [0.4, 0.5) is 0 Å². The Morgan fingerprint density at radius 3 is 2.71 bits per heavy atom. The van der Waals surface area contributed by atoms with Crippen molar-refractivity contribution >= 4 is 0 Å². The van der Waals surface area contributed by atoms with E-state index in [-0.39, 0.29) is 6.10 Å². The Labute approximate surface area is 82.9 Å². The van der Waals surface area contributed by atoms with Crippen molar-refractivity contribution in [3.63, 3.8) is 0 Å². The van der Waals surface area contributed by atoms with Gasteiger partial charge in [0.15, 0.2) is 11.7 Å². The van der Waals surface area contributed by atoms with Crippen molar-refractivity contribution in [1.82, 2.24) is 0 Å². The highest BCUT2D eigenvalue weighted by Gasteiger charge is 2.58. The van der Waals surface area contributed by atoms with E-state index in [1.807, 2.05) is 30.3 Å². The summed E-state index contributed by atoms with van der Waals surface area (Å²) in [4.78, 5) is 0. The van der Waals surface area contributed by atoms with Crippen LogP contribution >= 0.6 is 0 Å². The molecule has 0 aliphatic carbocycles. The Hall–Kier alpha value is -1.37. The first-order chi connectivity index (χ1) is 6.83. The standard InChI is InChI=1S/C11H11NO2/c1-13-8-11(10(7-12)14-11)9-5-3-2-4-6-9/h2-6,10H,8H2,1H3. The van der Waals surface area contributed by atoms with E-state index in [1.165, 1.54) is 0 Å². The van der Waals surface area contributed by atoms with Crippen molar-refractivity contribution < 1.29 is 9.47 Å². The highest BCUT2D eigenvalue weighted by atomic mass is 16.6. The molecule has 72 valence electrons. The first kappa shape index (κ1) is 9.20. The third-order valence-corrected chi connectivity index (χ3v) is 2.43. The minimum atomic E-state index is -0.523. The second-order valence-electron chi connectivity index (χ2n) is 3.32. The van der Waals surface area contributed by atoms with E-state index in [0.29, 0.717) is 6.61 Å². The van der Waals surface area contributed by atoms with Gasteiger partial charge < -0.3 is 9.47 Å². The van der Waals surface area contributed by atoms with Crippen molar-refractivity contribution in [2.75, 3.05) is 13.7 Å². The minimum Gasteiger partial charge on any atom is -0.381 e. The van der Waals surface area contributed by atoms with E-state index in [2.05, 4.69) is 6.07 Å². The lowest BCUT2D eigenvalue weighted by Gasteiger charge is -2.10. The highest BCUT2D eigenvalue weighted by Crippen LogP contribution is 2.45. The van der Waals surface area contributed by atoms with Gasteiger partial charge in [0.1, 0.15) is 0 Å². The van der Waals surface area contributed by atoms with Crippen molar-refractivity contribution in [3.05, 3.63) is 35.9 Å². The number of hydrogen-bond acceptors (Lipinski definition) is 3. The molecule has 0 bridgehead atoms. The summed E-state index contributed by atoms with van der Waals surface area (Å²) >= 11 is 0. The zero-order chi connectivity index (χ0) is 10.0. The van der Waals surface area contributed by atoms with Crippen LogP contribution < -0.4 is 0 Å². The van der Waals surface area contributed by atoms with Gasteiger partial charge in [0.2, 0.25) is 0 Å². The number of nitrogens with zero attached hydrogens (tertiary/aromatic N) is 1. The van der Waals surface area contributed by atoms with Gasteiger partial charge >= 0.3 is 0 Å². The molecule has 1 aromatic rings. The molecule has 1 aromatic carbocycles. The molecule has 14 heavy (non-hydrogen) atoms. The Morgan fingerprint density at radius 1 is 1.50 bits per heavy atom. The molecule has 0 spiro atoms. The molecule has 0 saturated carbocycles. The average molecular weight is 189 g/mol. The molecule has 1 aliphatic heterocycles. The van der Waals surface area contributed by atoms with E-state index in [0.717, 1.165) is 5.56 Å². The number of ether oxygens (including phenoxy) is 2. The highest BCUT2D eigenvalue weighted by molar-refractivity contribution is 5.33. The molecule has 1 heterocycles. The van der Waals surface area contributed by atoms with Crippen molar-refractivity contribution in [2.45, 2.75) is 11.7 Å². The lowest BCUT2D eigenvalue weighted by atomic mass is 9.97. The van der Waals surface area contributed by atoms with Gasteiger partial charge in [0, 0.05) is 7.11 Å². The molecule has 1 aliphatic rings. The second kappa shape index (κ2) is 3.41. The number of hydrogen-bond donors (Lipinski definition) is 0. The first-order valence-corrected chi connectivity index (χ1v) is 4.45. The maximum Gasteiger partial charge on any atom is 0.180 e. The fourth-order valence-corrected chi connectivity index (χ4v) is 1.65.